The lowest BCUT2D eigenvalue weighted by molar-refractivity contribution is -0.888. The monoisotopic (exact) mass is 390 g/mol. The third kappa shape index (κ3) is 4.10. The lowest BCUT2D eigenvalue weighted by atomic mass is 9.99. The number of pyridine rings is 1. The summed E-state index contributed by atoms with van der Waals surface area (Å²) in [6.45, 7) is 5.59. The van der Waals surface area contributed by atoms with Crippen molar-refractivity contribution in [3.8, 4) is 0 Å². The second-order valence-electron chi connectivity index (χ2n) is 8.31. The number of quaternary nitrogens is 1. The van der Waals surface area contributed by atoms with E-state index in [-0.39, 0.29) is 0 Å². The van der Waals surface area contributed by atoms with Gasteiger partial charge >= 0.3 is 11.5 Å². The maximum Gasteiger partial charge on any atom is 0.370 e. The number of anilines is 1. The number of aromatic nitrogens is 2. The molecule has 0 radical (unpaired) electrons. The Balaban J connectivity index is 1.60. The highest BCUT2D eigenvalue weighted by molar-refractivity contribution is 5.94. The highest BCUT2D eigenvalue weighted by atomic mass is 16.3. The van der Waals surface area contributed by atoms with Gasteiger partial charge in [0.25, 0.3) is 0 Å². The van der Waals surface area contributed by atoms with Gasteiger partial charge in [-0.3, -0.25) is 0 Å². The fraction of sp³-hybridized carbons (Fsp3) is 0.333. The summed E-state index contributed by atoms with van der Waals surface area (Å²) in [7, 11) is 6.57. The van der Waals surface area contributed by atoms with Crippen molar-refractivity contribution < 1.29 is 13.5 Å². The Bertz CT molecular complexity index is 1080. The van der Waals surface area contributed by atoms with Crippen LogP contribution in [0.2, 0.25) is 0 Å². The van der Waals surface area contributed by atoms with Crippen molar-refractivity contribution in [3.63, 3.8) is 0 Å². The molecule has 5 heteroatoms. The summed E-state index contributed by atoms with van der Waals surface area (Å²) in [5, 5.41) is 0. The number of para-hydroxylation sites is 1. The lowest BCUT2D eigenvalue weighted by Crippen LogP contribution is -2.41. The Labute approximate surface area is 172 Å². The molecule has 2 aromatic heterocycles. The number of hydrogen-bond donors (Lipinski definition) is 0. The number of fused-ring (bicyclic) bond motifs is 2. The van der Waals surface area contributed by atoms with Crippen LogP contribution in [-0.2, 0) is 7.05 Å². The molecule has 29 heavy (non-hydrogen) atoms. The minimum absolute atomic E-state index is 0.631. The Morgan fingerprint density at radius 1 is 1.17 bits per heavy atom. The van der Waals surface area contributed by atoms with Gasteiger partial charge in [0.15, 0.2) is 0 Å². The second kappa shape index (κ2) is 7.84. The summed E-state index contributed by atoms with van der Waals surface area (Å²) >= 11 is 0. The van der Waals surface area contributed by atoms with E-state index >= 15 is 0 Å². The van der Waals surface area contributed by atoms with E-state index in [1.54, 1.807) is 0 Å². The first-order valence-corrected chi connectivity index (χ1v) is 10.3. The van der Waals surface area contributed by atoms with Crippen LogP contribution in [0.15, 0.2) is 59.3 Å². The van der Waals surface area contributed by atoms with Crippen molar-refractivity contribution in [1.29, 1.82) is 0 Å². The van der Waals surface area contributed by atoms with Gasteiger partial charge in [0.05, 0.1) is 40.4 Å². The van der Waals surface area contributed by atoms with Crippen LogP contribution in [0.25, 0.3) is 22.9 Å². The fourth-order valence-electron chi connectivity index (χ4n) is 3.68. The Morgan fingerprint density at radius 3 is 2.79 bits per heavy atom. The zero-order valence-corrected chi connectivity index (χ0v) is 17.8. The van der Waals surface area contributed by atoms with E-state index < -0.39 is 0 Å². The van der Waals surface area contributed by atoms with E-state index in [4.69, 9.17) is 4.42 Å². The van der Waals surface area contributed by atoms with Crippen molar-refractivity contribution in [3.05, 3.63) is 66.3 Å². The smallest absolute Gasteiger partial charge is 0.370 e. The number of rotatable bonds is 6. The number of nitrogens with zero attached hydrogens (tertiary/aromatic N) is 4. The molecular formula is C24H30N4O+2. The molecule has 0 unspecified atom stereocenters. The molecular weight excluding hydrogens is 360 g/mol. The minimum Gasteiger partial charge on any atom is -0.411 e. The SMILES string of the molecule is CC[N+](C)(C)CCCN1C=C/C(=C\c2nc3c(ccc[n+]3C)o2)c2ccccc21. The molecule has 3 aromatic rings. The molecule has 0 N–H and O–H groups in total. The van der Waals surface area contributed by atoms with E-state index in [2.05, 4.69) is 67.4 Å². The van der Waals surface area contributed by atoms with Gasteiger partial charge in [-0.15, -0.1) is 0 Å². The maximum atomic E-state index is 5.95. The van der Waals surface area contributed by atoms with Gasteiger partial charge in [-0.1, -0.05) is 18.2 Å². The number of aryl methyl sites for hydroxylation is 1. The van der Waals surface area contributed by atoms with Crippen molar-refractivity contribution in [2.45, 2.75) is 13.3 Å². The quantitative estimate of drug-likeness (QED) is 0.471. The summed E-state index contributed by atoms with van der Waals surface area (Å²) in [5.41, 5.74) is 5.23. The van der Waals surface area contributed by atoms with Crippen LogP contribution in [0.3, 0.4) is 0 Å². The third-order valence-corrected chi connectivity index (χ3v) is 5.80. The van der Waals surface area contributed by atoms with Crippen molar-refractivity contribution in [2.75, 3.05) is 38.6 Å². The average molecular weight is 391 g/mol. The maximum absolute atomic E-state index is 5.95. The van der Waals surface area contributed by atoms with Crippen molar-refractivity contribution >= 4 is 28.6 Å². The van der Waals surface area contributed by atoms with Crippen LogP contribution in [-0.4, -0.2) is 43.2 Å². The molecule has 0 fully saturated rings. The zero-order valence-electron chi connectivity index (χ0n) is 17.8. The summed E-state index contributed by atoms with van der Waals surface area (Å²) < 4.78 is 8.98. The van der Waals surface area contributed by atoms with E-state index in [9.17, 15) is 0 Å². The summed E-state index contributed by atoms with van der Waals surface area (Å²) in [4.78, 5) is 7.01. The normalized spacial score (nSPS) is 15.3. The summed E-state index contributed by atoms with van der Waals surface area (Å²) in [5.74, 6) is 0.631. The molecule has 0 bridgehead atoms. The number of hydrogen-bond acceptors (Lipinski definition) is 3. The Morgan fingerprint density at radius 2 is 2.00 bits per heavy atom. The standard InChI is InChI=1S/C24H30N4O/c1-5-28(3,4)17-9-15-27-16-13-19(20-10-6-7-11-21(20)27)18-23-25-24-22(29-23)12-8-14-26(24)2/h6-8,10-14,16,18H,5,9,15,17H2,1-4H3/q+2. The summed E-state index contributed by atoms with van der Waals surface area (Å²) in [6.07, 6.45) is 9.51. The molecule has 1 aliphatic rings. The predicted molar refractivity (Wildman–Crippen MR) is 118 cm³/mol. The Kier molecular flexibility index (Phi) is 5.24. The van der Waals surface area contributed by atoms with Crippen LogP contribution >= 0.6 is 0 Å². The molecule has 0 aliphatic carbocycles. The molecule has 1 aromatic carbocycles. The topological polar surface area (TPSA) is 33.2 Å². The molecule has 0 atom stereocenters. The van der Waals surface area contributed by atoms with Crippen LogP contribution in [0.5, 0.6) is 0 Å². The van der Waals surface area contributed by atoms with Crippen molar-refractivity contribution in [2.24, 2.45) is 7.05 Å². The Hall–Kier alpha value is -2.92. The van der Waals surface area contributed by atoms with Gasteiger partial charge in [0.2, 0.25) is 5.58 Å². The zero-order chi connectivity index (χ0) is 20.4. The van der Waals surface area contributed by atoms with E-state index in [0.717, 1.165) is 40.8 Å². The van der Waals surface area contributed by atoms with Gasteiger partial charge in [-0.2, -0.15) is 0 Å². The molecule has 0 amide bonds. The van der Waals surface area contributed by atoms with Gasteiger partial charge in [0, 0.05) is 41.5 Å². The average Bonchev–Trinajstić information content (AvgIpc) is 3.13. The highest BCUT2D eigenvalue weighted by Gasteiger charge is 2.20. The van der Waals surface area contributed by atoms with Crippen LogP contribution in [0.1, 0.15) is 24.8 Å². The van der Waals surface area contributed by atoms with E-state index in [1.807, 2.05) is 36.0 Å². The molecule has 1 aliphatic heterocycles. The first-order chi connectivity index (χ1) is 14.0. The van der Waals surface area contributed by atoms with Gasteiger partial charge in [-0.05, 0) is 36.8 Å². The highest BCUT2D eigenvalue weighted by Crippen LogP contribution is 2.34. The summed E-state index contributed by atoms with van der Waals surface area (Å²) in [6, 6.07) is 12.5. The van der Waals surface area contributed by atoms with E-state index in [1.165, 1.54) is 17.8 Å². The molecule has 150 valence electrons. The lowest BCUT2D eigenvalue weighted by Gasteiger charge is -2.31. The number of allylic oxidation sites excluding steroid dienone is 2. The molecule has 0 saturated heterocycles. The van der Waals surface area contributed by atoms with Crippen LogP contribution in [0, 0.1) is 0 Å². The minimum atomic E-state index is 0.631. The molecule has 5 nitrogen and oxygen atoms in total. The molecule has 0 spiro atoms. The molecule has 0 saturated carbocycles. The molecule has 4 rings (SSSR count). The van der Waals surface area contributed by atoms with E-state index in [0.29, 0.717) is 5.89 Å². The fourth-order valence-corrected chi connectivity index (χ4v) is 3.68. The first kappa shape index (κ1) is 19.4. The van der Waals surface area contributed by atoms with Gasteiger partial charge in [0.1, 0.15) is 0 Å². The van der Waals surface area contributed by atoms with Crippen LogP contribution in [0.4, 0.5) is 5.69 Å². The van der Waals surface area contributed by atoms with Crippen LogP contribution < -0.4 is 9.47 Å². The first-order valence-electron chi connectivity index (χ1n) is 10.3. The largest absolute Gasteiger partial charge is 0.411 e. The number of oxazole rings is 1. The third-order valence-electron chi connectivity index (χ3n) is 5.80. The van der Waals surface area contributed by atoms with Gasteiger partial charge < -0.3 is 13.8 Å². The second-order valence-corrected chi connectivity index (χ2v) is 8.31. The van der Waals surface area contributed by atoms with Crippen molar-refractivity contribution in [1.82, 2.24) is 4.98 Å². The predicted octanol–water partition coefficient (Wildman–Crippen LogP) is 4.01. The van der Waals surface area contributed by atoms with Gasteiger partial charge in [-0.25, -0.2) is 4.57 Å². The number of benzene rings is 1. The molecule has 3 heterocycles.